The summed E-state index contributed by atoms with van der Waals surface area (Å²) < 4.78 is 11.6. The number of piperidine rings is 1. The maximum absolute atomic E-state index is 12.8. The van der Waals surface area contributed by atoms with E-state index in [0.29, 0.717) is 24.5 Å². The van der Waals surface area contributed by atoms with Crippen LogP contribution in [0.3, 0.4) is 0 Å². The van der Waals surface area contributed by atoms with Crippen LogP contribution in [0.1, 0.15) is 41.7 Å². The Kier molecular flexibility index (Phi) is 6.21. The van der Waals surface area contributed by atoms with Crippen LogP contribution in [0.15, 0.2) is 65.2 Å². The fourth-order valence-electron chi connectivity index (χ4n) is 4.52. The minimum absolute atomic E-state index is 0.0827. The van der Waals surface area contributed by atoms with E-state index in [9.17, 15) is 4.79 Å². The Bertz CT molecular complexity index is 1020. The summed E-state index contributed by atoms with van der Waals surface area (Å²) in [6, 6.07) is 19.9. The molecule has 0 atom stereocenters. The van der Waals surface area contributed by atoms with Gasteiger partial charge in [0, 0.05) is 44.1 Å². The Morgan fingerprint density at radius 1 is 0.969 bits per heavy atom. The molecule has 2 aromatic carbocycles. The number of rotatable bonds is 6. The smallest absolute Gasteiger partial charge is 0.276 e. The summed E-state index contributed by atoms with van der Waals surface area (Å²) in [6.45, 7) is 4.75. The number of carbonyl (C=O) groups is 1. The zero-order valence-electron chi connectivity index (χ0n) is 18.3. The van der Waals surface area contributed by atoms with Crippen LogP contribution in [0.5, 0.6) is 5.75 Å². The van der Waals surface area contributed by atoms with Crippen molar-refractivity contribution >= 4 is 5.91 Å². The highest BCUT2D eigenvalue weighted by Gasteiger charge is 2.27. The number of likely N-dealkylation sites (tertiary alicyclic amines) is 2. The second kappa shape index (κ2) is 9.57. The van der Waals surface area contributed by atoms with Crippen LogP contribution in [0, 0.1) is 0 Å². The number of hydrogen-bond acceptors (Lipinski definition) is 5. The molecule has 2 saturated heterocycles. The summed E-state index contributed by atoms with van der Waals surface area (Å²) in [5, 5.41) is 4.00. The number of benzene rings is 2. The summed E-state index contributed by atoms with van der Waals surface area (Å²) in [4.78, 5) is 17.2. The molecule has 0 spiro atoms. The molecule has 3 aromatic rings. The first-order valence-electron chi connectivity index (χ1n) is 11.5. The van der Waals surface area contributed by atoms with Crippen molar-refractivity contribution in [2.75, 3.05) is 26.2 Å². The second-order valence-corrected chi connectivity index (χ2v) is 8.68. The molecule has 3 heterocycles. The molecule has 5 rings (SSSR count). The van der Waals surface area contributed by atoms with E-state index in [0.717, 1.165) is 30.7 Å². The van der Waals surface area contributed by atoms with Crippen molar-refractivity contribution in [1.82, 2.24) is 15.0 Å². The number of carbonyl (C=O) groups excluding carboxylic acids is 1. The molecule has 1 amide bonds. The first-order chi connectivity index (χ1) is 15.7. The molecule has 0 unspecified atom stereocenters. The Balaban J connectivity index is 1.12. The van der Waals surface area contributed by atoms with E-state index in [1.54, 1.807) is 6.07 Å². The molecule has 166 valence electrons. The average molecular weight is 432 g/mol. The van der Waals surface area contributed by atoms with E-state index in [2.05, 4.69) is 34.3 Å². The minimum Gasteiger partial charge on any atom is -0.490 e. The molecular formula is C26H29N3O3. The standard InChI is InChI=1S/C26H29N3O3/c30-26(24-18-25(32-27-24)21-6-2-1-3-7-21)29-16-12-23(13-17-29)31-22-10-8-20(9-11-22)19-28-14-4-5-15-28/h1-3,6-11,18,23H,4-5,12-17,19H2. The lowest BCUT2D eigenvalue weighted by Gasteiger charge is -2.31. The summed E-state index contributed by atoms with van der Waals surface area (Å²) in [5.74, 6) is 1.44. The van der Waals surface area contributed by atoms with E-state index in [-0.39, 0.29) is 12.0 Å². The minimum atomic E-state index is -0.0827. The maximum Gasteiger partial charge on any atom is 0.276 e. The van der Waals surface area contributed by atoms with Gasteiger partial charge in [-0.15, -0.1) is 0 Å². The van der Waals surface area contributed by atoms with Crippen LogP contribution in [-0.4, -0.2) is 53.1 Å². The number of hydrogen-bond donors (Lipinski definition) is 0. The Morgan fingerprint density at radius 2 is 1.69 bits per heavy atom. The van der Waals surface area contributed by atoms with Crippen LogP contribution in [0.25, 0.3) is 11.3 Å². The van der Waals surface area contributed by atoms with Gasteiger partial charge in [0.25, 0.3) is 5.91 Å². The van der Waals surface area contributed by atoms with Crippen molar-refractivity contribution in [1.29, 1.82) is 0 Å². The second-order valence-electron chi connectivity index (χ2n) is 8.68. The fourth-order valence-corrected chi connectivity index (χ4v) is 4.52. The van der Waals surface area contributed by atoms with Gasteiger partial charge < -0.3 is 14.2 Å². The van der Waals surface area contributed by atoms with E-state index in [4.69, 9.17) is 9.26 Å². The molecule has 1 aromatic heterocycles. The summed E-state index contributed by atoms with van der Waals surface area (Å²) >= 11 is 0. The molecule has 0 aliphatic carbocycles. The number of ether oxygens (including phenoxy) is 1. The number of nitrogens with zero attached hydrogens (tertiary/aromatic N) is 3. The van der Waals surface area contributed by atoms with Gasteiger partial charge in [-0.2, -0.15) is 0 Å². The third-order valence-electron chi connectivity index (χ3n) is 6.35. The van der Waals surface area contributed by atoms with Crippen molar-refractivity contribution in [3.05, 3.63) is 71.9 Å². The van der Waals surface area contributed by atoms with E-state index in [1.807, 2.05) is 35.2 Å². The fraction of sp³-hybridized carbons (Fsp3) is 0.385. The predicted molar refractivity (Wildman–Crippen MR) is 122 cm³/mol. The monoisotopic (exact) mass is 431 g/mol. The summed E-state index contributed by atoms with van der Waals surface area (Å²) in [6.07, 6.45) is 4.37. The normalized spacial score (nSPS) is 17.6. The molecule has 2 fully saturated rings. The maximum atomic E-state index is 12.8. The zero-order chi connectivity index (χ0) is 21.8. The summed E-state index contributed by atoms with van der Waals surface area (Å²) in [5.41, 5.74) is 2.61. The zero-order valence-corrected chi connectivity index (χ0v) is 18.3. The molecule has 0 N–H and O–H groups in total. The van der Waals surface area contributed by atoms with Crippen molar-refractivity contribution in [3.63, 3.8) is 0 Å². The van der Waals surface area contributed by atoms with Gasteiger partial charge in [-0.1, -0.05) is 47.6 Å². The lowest BCUT2D eigenvalue weighted by atomic mass is 10.1. The molecule has 2 aliphatic rings. The lowest BCUT2D eigenvalue weighted by molar-refractivity contribution is 0.0586. The summed E-state index contributed by atoms with van der Waals surface area (Å²) in [7, 11) is 0. The molecule has 6 heteroatoms. The SMILES string of the molecule is O=C(c1cc(-c2ccccc2)on1)N1CCC(Oc2ccc(CN3CCCC3)cc2)CC1. The van der Waals surface area contributed by atoms with Crippen molar-refractivity contribution in [3.8, 4) is 17.1 Å². The third kappa shape index (κ3) is 4.86. The van der Waals surface area contributed by atoms with Crippen molar-refractivity contribution < 1.29 is 14.1 Å². The quantitative estimate of drug-likeness (QED) is 0.570. The lowest BCUT2D eigenvalue weighted by Crippen LogP contribution is -2.41. The van der Waals surface area contributed by atoms with E-state index >= 15 is 0 Å². The van der Waals surface area contributed by atoms with Gasteiger partial charge in [0.1, 0.15) is 11.9 Å². The molecular weight excluding hydrogens is 402 g/mol. The predicted octanol–water partition coefficient (Wildman–Crippen LogP) is 4.62. The molecule has 0 bridgehead atoms. The molecule has 2 aliphatic heterocycles. The highest BCUT2D eigenvalue weighted by molar-refractivity contribution is 5.93. The van der Waals surface area contributed by atoms with Crippen LogP contribution in [0.2, 0.25) is 0 Å². The van der Waals surface area contributed by atoms with Crippen LogP contribution in [0.4, 0.5) is 0 Å². The largest absolute Gasteiger partial charge is 0.490 e. The first-order valence-corrected chi connectivity index (χ1v) is 11.5. The molecule has 32 heavy (non-hydrogen) atoms. The van der Waals surface area contributed by atoms with E-state index < -0.39 is 0 Å². The van der Waals surface area contributed by atoms with Gasteiger partial charge in [0.05, 0.1) is 0 Å². The molecule has 0 saturated carbocycles. The first kappa shape index (κ1) is 20.8. The van der Waals surface area contributed by atoms with Gasteiger partial charge >= 0.3 is 0 Å². The Morgan fingerprint density at radius 3 is 2.41 bits per heavy atom. The number of amides is 1. The van der Waals surface area contributed by atoms with Crippen molar-refractivity contribution in [2.45, 2.75) is 38.3 Å². The van der Waals surface area contributed by atoms with Gasteiger partial charge in [-0.25, -0.2) is 0 Å². The molecule has 0 radical (unpaired) electrons. The van der Waals surface area contributed by atoms with E-state index in [1.165, 1.54) is 31.5 Å². The number of aromatic nitrogens is 1. The molecule has 6 nitrogen and oxygen atoms in total. The van der Waals surface area contributed by atoms with Gasteiger partial charge in [-0.3, -0.25) is 9.69 Å². The van der Waals surface area contributed by atoms with Gasteiger partial charge in [0.15, 0.2) is 11.5 Å². The topological polar surface area (TPSA) is 58.8 Å². The van der Waals surface area contributed by atoms with Gasteiger partial charge in [-0.05, 0) is 43.6 Å². The van der Waals surface area contributed by atoms with Crippen LogP contribution in [-0.2, 0) is 6.54 Å². The highest BCUT2D eigenvalue weighted by atomic mass is 16.5. The Labute approximate surface area is 188 Å². The van der Waals surface area contributed by atoms with Crippen LogP contribution >= 0.6 is 0 Å². The highest BCUT2D eigenvalue weighted by Crippen LogP contribution is 2.24. The average Bonchev–Trinajstić information content (AvgIpc) is 3.54. The third-order valence-corrected chi connectivity index (χ3v) is 6.35. The van der Waals surface area contributed by atoms with Crippen molar-refractivity contribution in [2.24, 2.45) is 0 Å². The van der Waals surface area contributed by atoms with Crippen LogP contribution < -0.4 is 4.74 Å². The Hall–Kier alpha value is -3.12. The van der Waals surface area contributed by atoms with Gasteiger partial charge in [0.2, 0.25) is 0 Å².